The molecule has 1 aromatic carbocycles. The van der Waals surface area contributed by atoms with Crippen LogP contribution in [0, 0.1) is 5.82 Å². The third-order valence-electron chi connectivity index (χ3n) is 4.42. The largest absolute Gasteiger partial charge is 0.482 e. The highest BCUT2D eigenvalue weighted by molar-refractivity contribution is 7.89. The summed E-state index contributed by atoms with van der Waals surface area (Å²) in [5.74, 6) is -3.29. The summed E-state index contributed by atoms with van der Waals surface area (Å²) in [7, 11) is -3.03. The number of aromatic nitrogens is 3. The summed E-state index contributed by atoms with van der Waals surface area (Å²) >= 11 is 5.99. The fourth-order valence-electron chi connectivity index (χ4n) is 2.91. The standard InChI is InChI=1S/C20H16ClF4N5O6S/c1-29-14(20(23,24)25)8-16(31)30(19(29)32)17-11(22)7-10(21)18(27-17)36-13-6-4-3-5-12(13)35-9-15(26)28-37(2,33)34/h3-8H,9H2,1-2H3,(H2,26,28). The lowest BCUT2D eigenvalue weighted by Crippen LogP contribution is -2.41. The number of nitrogens with two attached hydrogens (primary N) is 1. The number of amidine groups is 1. The molecular formula is C20H16ClF4N5O6S. The first-order valence-corrected chi connectivity index (χ1v) is 12.0. The number of pyridine rings is 1. The van der Waals surface area contributed by atoms with Crippen LogP contribution in [0.1, 0.15) is 5.69 Å². The van der Waals surface area contributed by atoms with Crippen molar-refractivity contribution >= 4 is 27.5 Å². The first-order valence-electron chi connectivity index (χ1n) is 9.79. The molecule has 2 heterocycles. The van der Waals surface area contributed by atoms with Crippen molar-refractivity contribution in [1.82, 2.24) is 14.1 Å². The maximum absolute atomic E-state index is 14.7. The van der Waals surface area contributed by atoms with Gasteiger partial charge in [-0.3, -0.25) is 9.36 Å². The van der Waals surface area contributed by atoms with E-state index in [0.29, 0.717) is 6.07 Å². The Bertz CT molecular complexity index is 1620. The summed E-state index contributed by atoms with van der Waals surface area (Å²) in [6, 6.07) is 6.50. The van der Waals surface area contributed by atoms with Gasteiger partial charge < -0.3 is 15.2 Å². The molecule has 0 saturated heterocycles. The van der Waals surface area contributed by atoms with Crippen LogP contribution in [-0.4, -0.2) is 41.2 Å². The van der Waals surface area contributed by atoms with E-state index in [1.807, 2.05) is 0 Å². The lowest BCUT2D eigenvalue weighted by atomic mass is 10.3. The third-order valence-corrected chi connectivity index (χ3v) is 5.25. The van der Waals surface area contributed by atoms with Crippen molar-refractivity contribution in [3.8, 4) is 23.2 Å². The zero-order valence-corrected chi connectivity index (χ0v) is 20.4. The average Bonchev–Trinajstić information content (AvgIpc) is 2.76. The van der Waals surface area contributed by atoms with Crippen LogP contribution in [0.5, 0.6) is 17.4 Å². The Hall–Kier alpha value is -3.92. The van der Waals surface area contributed by atoms with Crippen LogP contribution >= 0.6 is 11.6 Å². The van der Waals surface area contributed by atoms with Gasteiger partial charge in [0, 0.05) is 19.2 Å². The number of para-hydroxylation sites is 2. The van der Waals surface area contributed by atoms with Gasteiger partial charge in [0.2, 0.25) is 5.88 Å². The average molecular weight is 566 g/mol. The van der Waals surface area contributed by atoms with E-state index in [1.54, 1.807) is 0 Å². The number of hydrogen-bond donors (Lipinski definition) is 1. The lowest BCUT2D eigenvalue weighted by molar-refractivity contribution is -0.144. The van der Waals surface area contributed by atoms with Gasteiger partial charge in [0.25, 0.3) is 15.6 Å². The molecule has 0 amide bonds. The number of alkyl halides is 3. The van der Waals surface area contributed by atoms with Crippen molar-refractivity contribution in [2.24, 2.45) is 17.2 Å². The first-order chi connectivity index (χ1) is 17.1. The maximum Gasteiger partial charge on any atom is 0.431 e. The highest BCUT2D eigenvalue weighted by Crippen LogP contribution is 2.35. The van der Waals surface area contributed by atoms with Gasteiger partial charge in [-0.1, -0.05) is 23.7 Å². The van der Waals surface area contributed by atoms with Crippen LogP contribution in [0.2, 0.25) is 5.02 Å². The summed E-state index contributed by atoms with van der Waals surface area (Å²) in [4.78, 5) is 28.6. The second-order valence-corrected chi connectivity index (χ2v) is 9.33. The highest BCUT2D eigenvalue weighted by atomic mass is 35.5. The minimum Gasteiger partial charge on any atom is -0.482 e. The van der Waals surface area contributed by atoms with Gasteiger partial charge in [-0.2, -0.15) is 18.2 Å². The molecule has 0 unspecified atom stereocenters. The topological polar surface area (TPSA) is 148 Å². The lowest BCUT2D eigenvalue weighted by Gasteiger charge is -2.15. The fourth-order valence-corrected chi connectivity index (χ4v) is 3.57. The van der Waals surface area contributed by atoms with Crippen LogP contribution in [-0.2, 0) is 23.2 Å². The first kappa shape index (κ1) is 27.7. The zero-order valence-electron chi connectivity index (χ0n) is 18.8. The Balaban J connectivity index is 2.04. The Labute approximate surface area is 210 Å². The van der Waals surface area contributed by atoms with Crippen LogP contribution in [0.4, 0.5) is 17.6 Å². The van der Waals surface area contributed by atoms with E-state index in [0.717, 1.165) is 13.3 Å². The smallest absolute Gasteiger partial charge is 0.431 e. The predicted octanol–water partition coefficient (Wildman–Crippen LogP) is 2.23. The monoisotopic (exact) mass is 565 g/mol. The molecule has 0 fully saturated rings. The number of rotatable bonds is 7. The molecule has 0 spiro atoms. The molecule has 11 nitrogen and oxygen atoms in total. The van der Waals surface area contributed by atoms with Gasteiger partial charge in [-0.05, 0) is 12.1 Å². The number of nitrogens with zero attached hydrogens (tertiary/aromatic N) is 4. The SMILES string of the molecule is Cn1c(C(F)(F)F)cc(=O)n(-c2nc(Oc3ccccc3OCC(N)=NS(C)(=O)=O)c(Cl)cc2F)c1=O. The van der Waals surface area contributed by atoms with Crippen molar-refractivity contribution in [3.63, 3.8) is 0 Å². The van der Waals surface area contributed by atoms with Gasteiger partial charge in [0.1, 0.15) is 17.3 Å². The molecule has 37 heavy (non-hydrogen) atoms. The van der Waals surface area contributed by atoms with Crippen molar-refractivity contribution in [1.29, 1.82) is 0 Å². The molecule has 0 radical (unpaired) electrons. The fraction of sp³-hybridized carbons (Fsp3) is 0.200. The highest BCUT2D eigenvalue weighted by Gasteiger charge is 2.35. The van der Waals surface area contributed by atoms with E-state index in [9.17, 15) is 35.6 Å². The molecule has 3 rings (SSSR count). The van der Waals surface area contributed by atoms with Gasteiger partial charge in [0.15, 0.2) is 29.0 Å². The molecule has 198 valence electrons. The van der Waals surface area contributed by atoms with Gasteiger partial charge in [-0.15, -0.1) is 4.40 Å². The number of hydrogen-bond acceptors (Lipinski definition) is 7. The molecule has 0 atom stereocenters. The molecule has 0 saturated carbocycles. The third kappa shape index (κ3) is 6.45. The minimum atomic E-state index is -5.02. The Morgan fingerprint density at radius 3 is 2.41 bits per heavy atom. The molecule has 2 aromatic heterocycles. The van der Waals surface area contributed by atoms with Crippen molar-refractivity contribution in [2.45, 2.75) is 6.18 Å². The Morgan fingerprint density at radius 2 is 1.81 bits per heavy atom. The summed E-state index contributed by atoms with van der Waals surface area (Å²) in [5, 5.41) is -0.425. The number of sulfonamides is 1. The van der Waals surface area contributed by atoms with E-state index < -0.39 is 62.3 Å². The quantitative estimate of drug-likeness (QED) is 0.260. The minimum absolute atomic E-state index is 0.0134. The number of halogens is 5. The second kappa shape index (κ2) is 10.2. The summed E-state index contributed by atoms with van der Waals surface area (Å²) in [6.07, 6.45) is -4.20. The maximum atomic E-state index is 14.7. The summed E-state index contributed by atoms with van der Waals surface area (Å²) in [6.45, 7) is -0.472. The van der Waals surface area contributed by atoms with Crippen molar-refractivity contribution in [3.05, 3.63) is 73.8 Å². The van der Waals surface area contributed by atoms with Crippen LogP contribution < -0.4 is 26.5 Å². The van der Waals surface area contributed by atoms with Gasteiger partial charge >= 0.3 is 11.9 Å². The Morgan fingerprint density at radius 1 is 1.19 bits per heavy atom. The van der Waals surface area contributed by atoms with Crippen LogP contribution in [0.15, 0.2) is 50.4 Å². The molecule has 0 aliphatic carbocycles. The normalized spacial score (nSPS) is 12.5. The van der Waals surface area contributed by atoms with E-state index >= 15 is 0 Å². The van der Waals surface area contributed by atoms with Crippen LogP contribution in [0.3, 0.4) is 0 Å². The van der Waals surface area contributed by atoms with Gasteiger partial charge in [0.05, 0.1) is 6.26 Å². The second-order valence-electron chi connectivity index (χ2n) is 7.28. The van der Waals surface area contributed by atoms with E-state index in [2.05, 4.69) is 9.38 Å². The van der Waals surface area contributed by atoms with Crippen molar-refractivity contribution < 1.29 is 35.5 Å². The van der Waals surface area contributed by atoms with E-state index in [4.69, 9.17) is 26.8 Å². The number of benzene rings is 1. The molecule has 17 heteroatoms. The van der Waals surface area contributed by atoms with Crippen molar-refractivity contribution in [2.75, 3.05) is 12.9 Å². The van der Waals surface area contributed by atoms with E-state index in [-0.39, 0.29) is 32.5 Å². The molecule has 0 aliphatic heterocycles. The predicted molar refractivity (Wildman–Crippen MR) is 124 cm³/mol. The molecule has 0 aliphatic rings. The van der Waals surface area contributed by atoms with Crippen LogP contribution in [0.25, 0.3) is 5.82 Å². The summed E-state index contributed by atoms with van der Waals surface area (Å²) < 4.78 is 90.8. The van der Waals surface area contributed by atoms with E-state index in [1.165, 1.54) is 24.3 Å². The zero-order chi connectivity index (χ0) is 27.7. The number of ether oxygens (including phenoxy) is 2. The molecule has 2 N–H and O–H groups in total. The molecule has 3 aromatic rings. The van der Waals surface area contributed by atoms with Gasteiger partial charge in [-0.25, -0.2) is 22.2 Å². The molecule has 0 bridgehead atoms. The summed E-state index contributed by atoms with van der Waals surface area (Å²) in [5.41, 5.74) is 0.937. The Kier molecular flexibility index (Phi) is 7.64. The molecular weight excluding hydrogens is 550 g/mol.